The Balaban J connectivity index is 2.27. The minimum Gasteiger partial charge on any atom is -0.355 e. The number of urea groups is 1. The first-order valence-electron chi connectivity index (χ1n) is 5.31. The molecule has 17 heavy (non-hydrogen) atoms. The minimum absolute atomic E-state index is 0.118. The molecule has 3 amide bonds. The number of hydrogen-bond donors (Lipinski definition) is 3. The Morgan fingerprint density at radius 2 is 1.94 bits per heavy atom. The van der Waals surface area contributed by atoms with Crippen LogP contribution in [0.4, 0.5) is 10.6 Å². The second-order valence-electron chi connectivity index (χ2n) is 3.53. The van der Waals surface area contributed by atoms with Gasteiger partial charge >= 0.3 is 6.03 Å². The summed E-state index contributed by atoms with van der Waals surface area (Å²) >= 11 is 0. The van der Waals surface area contributed by atoms with Gasteiger partial charge in [0.15, 0.2) is 0 Å². The highest BCUT2D eigenvalue weighted by atomic mass is 16.2. The number of nitrogens with one attached hydrogen (secondary N) is 3. The quantitative estimate of drug-likeness (QED) is 0.671. The normalized spacial score (nSPS) is 9.53. The largest absolute Gasteiger partial charge is 0.355 e. The van der Waals surface area contributed by atoms with Crippen molar-refractivity contribution in [1.82, 2.24) is 15.6 Å². The summed E-state index contributed by atoms with van der Waals surface area (Å²) in [5.41, 5.74) is 0.834. The van der Waals surface area contributed by atoms with Gasteiger partial charge in [-0.1, -0.05) is 6.07 Å². The predicted molar refractivity (Wildman–Crippen MR) is 64.7 cm³/mol. The molecule has 0 spiro atoms. The first-order chi connectivity index (χ1) is 8.08. The lowest BCUT2D eigenvalue weighted by molar-refractivity contribution is -0.118. The van der Waals surface area contributed by atoms with E-state index < -0.39 is 0 Å². The summed E-state index contributed by atoms with van der Waals surface area (Å²) in [6.45, 7) is 4.05. The van der Waals surface area contributed by atoms with Crippen molar-refractivity contribution in [3.63, 3.8) is 0 Å². The Morgan fingerprint density at radius 3 is 2.59 bits per heavy atom. The van der Waals surface area contributed by atoms with E-state index in [0.717, 1.165) is 5.69 Å². The fourth-order valence-electron chi connectivity index (χ4n) is 1.19. The Labute approximate surface area is 99.8 Å². The molecule has 1 aromatic heterocycles. The van der Waals surface area contributed by atoms with Gasteiger partial charge < -0.3 is 10.6 Å². The zero-order valence-corrected chi connectivity index (χ0v) is 9.91. The molecule has 0 atom stereocenters. The van der Waals surface area contributed by atoms with Crippen molar-refractivity contribution >= 4 is 17.8 Å². The lowest BCUT2D eigenvalue weighted by atomic mass is 10.4. The van der Waals surface area contributed by atoms with Crippen molar-refractivity contribution in [3.8, 4) is 0 Å². The minimum atomic E-state index is -0.339. The highest BCUT2D eigenvalue weighted by molar-refractivity contribution is 5.88. The van der Waals surface area contributed by atoms with Gasteiger partial charge in [-0.05, 0) is 19.1 Å². The SMILES string of the molecule is CC(=O)NCCNC(=O)Nc1cccc(C)n1. The lowest BCUT2D eigenvalue weighted by Crippen LogP contribution is -2.36. The van der Waals surface area contributed by atoms with Crippen LogP contribution in [0.3, 0.4) is 0 Å². The summed E-state index contributed by atoms with van der Waals surface area (Å²) < 4.78 is 0. The average molecular weight is 236 g/mol. The standard InChI is InChI=1S/C11H16N4O2/c1-8-4-3-5-10(14-8)15-11(17)13-7-6-12-9(2)16/h3-5H,6-7H2,1-2H3,(H,12,16)(H2,13,14,15,17). The van der Waals surface area contributed by atoms with Gasteiger partial charge in [-0.25, -0.2) is 9.78 Å². The first-order valence-corrected chi connectivity index (χ1v) is 5.31. The monoisotopic (exact) mass is 236 g/mol. The van der Waals surface area contributed by atoms with Crippen molar-refractivity contribution in [2.45, 2.75) is 13.8 Å². The van der Waals surface area contributed by atoms with Crippen molar-refractivity contribution < 1.29 is 9.59 Å². The number of hydrogen-bond acceptors (Lipinski definition) is 3. The number of nitrogens with zero attached hydrogens (tertiary/aromatic N) is 1. The zero-order valence-electron chi connectivity index (χ0n) is 9.91. The zero-order chi connectivity index (χ0) is 12.7. The fourth-order valence-corrected chi connectivity index (χ4v) is 1.19. The third-order valence-corrected chi connectivity index (χ3v) is 1.91. The third kappa shape index (κ3) is 5.50. The van der Waals surface area contributed by atoms with Crippen LogP contribution in [0.1, 0.15) is 12.6 Å². The molecule has 1 heterocycles. The fraction of sp³-hybridized carbons (Fsp3) is 0.364. The molecule has 1 aromatic rings. The molecule has 6 heteroatoms. The molecule has 0 bridgehead atoms. The van der Waals surface area contributed by atoms with Crippen LogP contribution < -0.4 is 16.0 Å². The van der Waals surface area contributed by atoms with E-state index >= 15 is 0 Å². The maximum absolute atomic E-state index is 11.4. The van der Waals surface area contributed by atoms with Gasteiger partial charge in [-0.15, -0.1) is 0 Å². The first kappa shape index (κ1) is 13.0. The highest BCUT2D eigenvalue weighted by Crippen LogP contribution is 2.02. The summed E-state index contributed by atoms with van der Waals surface area (Å²) in [6, 6.07) is 5.03. The van der Waals surface area contributed by atoms with Gasteiger partial charge in [0.1, 0.15) is 5.82 Å². The molecule has 3 N–H and O–H groups in total. The molecule has 0 aliphatic heterocycles. The molecule has 0 saturated heterocycles. The van der Waals surface area contributed by atoms with Gasteiger partial charge in [-0.3, -0.25) is 10.1 Å². The van der Waals surface area contributed by atoms with E-state index in [9.17, 15) is 9.59 Å². The van der Waals surface area contributed by atoms with Crippen LogP contribution in [0, 0.1) is 6.92 Å². The second-order valence-corrected chi connectivity index (χ2v) is 3.53. The van der Waals surface area contributed by atoms with Gasteiger partial charge in [0.05, 0.1) is 0 Å². The van der Waals surface area contributed by atoms with Gasteiger partial charge in [0.2, 0.25) is 5.91 Å². The summed E-state index contributed by atoms with van der Waals surface area (Å²) in [7, 11) is 0. The van der Waals surface area contributed by atoms with Crippen LogP contribution in [0.25, 0.3) is 0 Å². The Morgan fingerprint density at radius 1 is 1.24 bits per heavy atom. The number of carbonyl (C=O) groups excluding carboxylic acids is 2. The molecule has 0 fully saturated rings. The van der Waals surface area contributed by atoms with Crippen molar-refractivity contribution in [2.75, 3.05) is 18.4 Å². The summed E-state index contributed by atoms with van der Waals surface area (Å²) in [6.07, 6.45) is 0. The molecule has 0 aromatic carbocycles. The van der Waals surface area contributed by atoms with E-state index in [1.165, 1.54) is 6.92 Å². The molecule has 0 radical (unpaired) electrons. The van der Waals surface area contributed by atoms with E-state index in [4.69, 9.17) is 0 Å². The Hall–Kier alpha value is -2.11. The molecule has 0 aliphatic rings. The van der Waals surface area contributed by atoms with Crippen LogP contribution in [-0.2, 0) is 4.79 Å². The summed E-state index contributed by atoms with van der Waals surface area (Å²) in [4.78, 5) is 26.1. The molecule has 92 valence electrons. The predicted octanol–water partition coefficient (Wildman–Crippen LogP) is 0.648. The van der Waals surface area contributed by atoms with Gasteiger partial charge in [0, 0.05) is 25.7 Å². The van der Waals surface area contributed by atoms with E-state index in [1.807, 2.05) is 19.1 Å². The Kier molecular flexibility index (Phi) is 4.93. The molecule has 1 rings (SSSR count). The summed E-state index contributed by atoms with van der Waals surface area (Å²) in [5, 5.41) is 7.78. The molecular formula is C11H16N4O2. The highest BCUT2D eigenvalue weighted by Gasteiger charge is 2.01. The van der Waals surface area contributed by atoms with Crippen LogP contribution >= 0.6 is 0 Å². The number of aromatic nitrogens is 1. The third-order valence-electron chi connectivity index (χ3n) is 1.91. The van der Waals surface area contributed by atoms with E-state index in [2.05, 4.69) is 20.9 Å². The molecule has 6 nitrogen and oxygen atoms in total. The van der Waals surface area contributed by atoms with Gasteiger partial charge in [0.25, 0.3) is 0 Å². The second kappa shape index (κ2) is 6.47. The molecule has 0 aliphatic carbocycles. The number of carbonyl (C=O) groups is 2. The van der Waals surface area contributed by atoms with Crippen molar-refractivity contribution in [2.24, 2.45) is 0 Å². The van der Waals surface area contributed by atoms with Crippen LogP contribution in [0.5, 0.6) is 0 Å². The number of anilines is 1. The maximum atomic E-state index is 11.4. The lowest BCUT2D eigenvalue weighted by Gasteiger charge is -2.07. The Bertz CT molecular complexity index is 406. The van der Waals surface area contributed by atoms with E-state index in [-0.39, 0.29) is 11.9 Å². The van der Waals surface area contributed by atoms with Crippen LogP contribution in [0.2, 0.25) is 0 Å². The number of aryl methyl sites for hydroxylation is 1. The topological polar surface area (TPSA) is 83.1 Å². The van der Waals surface area contributed by atoms with E-state index in [1.54, 1.807) is 6.07 Å². The smallest absolute Gasteiger partial charge is 0.320 e. The van der Waals surface area contributed by atoms with Crippen molar-refractivity contribution in [3.05, 3.63) is 23.9 Å². The van der Waals surface area contributed by atoms with Crippen LogP contribution in [0.15, 0.2) is 18.2 Å². The molecule has 0 saturated carbocycles. The molecular weight excluding hydrogens is 220 g/mol. The van der Waals surface area contributed by atoms with E-state index in [0.29, 0.717) is 18.9 Å². The number of amides is 3. The summed E-state index contributed by atoms with van der Waals surface area (Å²) in [5.74, 6) is 0.384. The van der Waals surface area contributed by atoms with Crippen LogP contribution in [-0.4, -0.2) is 30.0 Å². The van der Waals surface area contributed by atoms with Crippen molar-refractivity contribution in [1.29, 1.82) is 0 Å². The maximum Gasteiger partial charge on any atom is 0.320 e. The average Bonchev–Trinajstić information content (AvgIpc) is 2.24. The number of pyridine rings is 1. The number of rotatable bonds is 4. The van der Waals surface area contributed by atoms with Gasteiger partial charge in [-0.2, -0.15) is 0 Å². The molecule has 0 unspecified atom stereocenters.